The van der Waals surface area contributed by atoms with Crippen molar-refractivity contribution in [2.75, 3.05) is 14.7 Å². The SMILES string of the molecule is c1ccc(-c2cc(-c3ccccc3)cc(-c3ccc4c(c3)N(c3ccccc3)c3cccc5nc(-c6ccccc6)n-4c35)c2)cc1.c1ccc(-c2nc(-c3ccccc3)nc(-c3ccc4c(c3)N(c3ccccc3)c3cccc5nc(-c6ccccc6)n-4c35)n2)cc1.c1ccc(-c2nc3cccc4c3n2-c2ccc(-c3ccc(-n5c6ccccc6c6ccccc65)cc3)cc2N4c2ccccc2)cc1. The summed E-state index contributed by atoms with van der Waals surface area (Å²) in [5.74, 6) is 4.68. The summed E-state index contributed by atoms with van der Waals surface area (Å²) in [6.07, 6.45) is 0. The fourth-order valence-electron chi connectivity index (χ4n) is 20.4. The van der Waals surface area contributed by atoms with Gasteiger partial charge in [0.05, 0.1) is 95.3 Å². The van der Waals surface area contributed by atoms with Gasteiger partial charge >= 0.3 is 0 Å². The molecule has 20 aromatic carbocycles. The molecule has 0 aliphatic carbocycles. The van der Waals surface area contributed by atoms with Gasteiger partial charge in [-0.05, 0) is 202 Å². The predicted molar refractivity (Wildman–Crippen MR) is 570 cm³/mol. The fraction of sp³-hybridized carbons (Fsp3) is 0. The van der Waals surface area contributed by atoms with Crippen molar-refractivity contribution in [2.45, 2.75) is 0 Å². The van der Waals surface area contributed by atoms with Crippen molar-refractivity contribution < 1.29 is 0 Å². The Morgan fingerprint density at radius 1 is 0.137 bits per heavy atom. The first-order valence-corrected chi connectivity index (χ1v) is 46.9. The number of imidazole rings is 3. The van der Waals surface area contributed by atoms with Gasteiger partial charge in [0.25, 0.3) is 0 Å². The number of anilines is 9. The Morgan fingerprint density at radius 2 is 0.396 bits per heavy atom. The summed E-state index contributed by atoms with van der Waals surface area (Å²) in [5.41, 5.74) is 38.4. The second-order valence-electron chi connectivity index (χ2n) is 35.0. The second kappa shape index (κ2) is 34.2. The van der Waals surface area contributed by atoms with Crippen molar-refractivity contribution in [3.05, 3.63) is 504 Å². The summed E-state index contributed by atoms with van der Waals surface area (Å²) in [4.78, 5) is 37.5. The highest BCUT2D eigenvalue weighted by molar-refractivity contribution is 6.11. The van der Waals surface area contributed by atoms with Crippen molar-refractivity contribution in [3.63, 3.8) is 0 Å². The summed E-state index contributed by atoms with van der Waals surface area (Å²) in [7, 11) is 0. The highest BCUT2D eigenvalue weighted by Gasteiger charge is 2.35. The molecule has 0 atom stereocenters. The van der Waals surface area contributed by atoms with Gasteiger partial charge in [0, 0.05) is 66.9 Å². The van der Waals surface area contributed by atoms with Gasteiger partial charge in [-0.1, -0.05) is 346 Å². The molecule has 652 valence electrons. The largest absolute Gasteiger partial charge is 0.309 e. The Labute approximate surface area is 802 Å². The van der Waals surface area contributed by atoms with Crippen LogP contribution in [-0.2, 0) is 0 Å². The Balaban J connectivity index is 0.000000108. The molecule has 0 N–H and O–H groups in total. The van der Waals surface area contributed by atoms with Gasteiger partial charge in [-0.25, -0.2) is 29.9 Å². The molecule has 0 saturated heterocycles. The molecular formula is C126H83N13. The first-order valence-electron chi connectivity index (χ1n) is 46.9. The van der Waals surface area contributed by atoms with Gasteiger partial charge < -0.3 is 19.3 Å². The van der Waals surface area contributed by atoms with Crippen molar-refractivity contribution in [3.8, 4) is 136 Å². The first kappa shape index (κ1) is 80.8. The number of hydrogen-bond donors (Lipinski definition) is 0. The van der Waals surface area contributed by atoms with Crippen LogP contribution in [0.2, 0.25) is 0 Å². The highest BCUT2D eigenvalue weighted by atomic mass is 15.3. The Hall–Kier alpha value is -19.0. The van der Waals surface area contributed by atoms with Gasteiger partial charge in [0.1, 0.15) is 17.5 Å². The molecule has 3 aliphatic rings. The number of para-hydroxylation sites is 8. The van der Waals surface area contributed by atoms with Crippen LogP contribution in [0.25, 0.3) is 190 Å². The van der Waals surface area contributed by atoms with Crippen LogP contribution in [-0.4, -0.2) is 48.2 Å². The number of benzene rings is 20. The van der Waals surface area contributed by atoms with Crippen LogP contribution in [0, 0.1) is 0 Å². The smallest absolute Gasteiger partial charge is 0.164 e. The maximum atomic E-state index is 5.19. The highest BCUT2D eigenvalue weighted by Crippen LogP contribution is 2.55. The number of aromatic nitrogens is 10. The van der Waals surface area contributed by atoms with E-state index in [1.165, 1.54) is 55.2 Å². The molecule has 8 heterocycles. The van der Waals surface area contributed by atoms with Crippen molar-refractivity contribution in [1.82, 2.24) is 48.2 Å². The lowest BCUT2D eigenvalue weighted by Crippen LogP contribution is -2.18. The van der Waals surface area contributed by atoms with E-state index in [9.17, 15) is 0 Å². The summed E-state index contributed by atoms with van der Waals surface area (Å²) < 4.78 is 9.33. The van der Waals surface area contributed by atoms with Gasteiger partial charge in [-0.15, -0.1) is 0 Å². The molecule has 25 aromatic rings. The molecular weight excluding hydrogens is 1700 g/mol. The van der Waals surface area contributed by atoms with E-state index >= 15 is 0 Å². The monoisotopic (exact) mass is 1780 g/mol. The predicted octanol–water partition coefficient (Wildman–Crippen LogP) is 32.4. The van der Waals surface area contributed by atoms with Crippen LogP contribution < -0.4 is 14.7 Å². The third-order valence-electron chi connectivity index (χ3n) is 26.7. The van der Waals surface area contributed by atoms with Crippen LogP contribution in [0.4, 0.5) is 51.2 Å². The van der Waals surface area contributed by atoms with E-state index < -0.39 is 0 Å². The van der Waals surface area contributed by atoms with E-state index in [0.29, 0.717) is 17.5 Å². The molecule has 3 aliphatic heterocycles. The van der Waals surface area contributed by atoms with E-state index in [-0.39, 0.29) is 0 Å². The maximum absolute atomic E-state index is 5.19. The third-order valence-corrected chi connectivity index (χ3v) is 26.7. The molecule has 5 aromatic heterocycles. The molecule has 0 spiro atoms. The number of fused-ring (bicyclic) bond motifs is 9. The van der Waals surface area contributed by atoms with Crippen LogP contribution in [0.15, 0.2) is 504 Å². The van der Waals surface area contributed by atoms with E-state index in [1.54, 1.807) is 0 Å². The van der Waals surface area contributed by atoms with Crippen molar-refractivity contribution in [2.24, 2.45) is 0 Å². The molecule has 13 nitrogen and oxygen atoms in total. The summed E-state index contributed by atoms with van der Waals surface area (Å²) >= 11 is 0. The van der Waals surface area contributed by atoms with E-state index in [0.717, 1.165) is 169 Å². The van der Waals surface area contributed by atoms with Gasteiger partial charge in [0.15, 0.2) is 17.5 Å². The zero-order valence-corrected chi connectivity index (χ0v) is 75.2. The number of nitrogens with zero attached hydrogens (tertiary/aromatic N) is 13. The minimum Gasteiger partial charge on any atom is -0.309 e. The maximum Gasteiger partial charge on any atom is 0.164 e. The van der Waals surface area contributed by atoms with Gasteiger partial charge in [-0.3, -0.25) is 13.7 Å². The van der Waals surface area contributed by atoms with Crippen molar-refractivity contribution >= 4 is 106 Å². The Morgan fingerprint density at radius 3 is 0.741 bits per heavy atom. The quantitative estimate of drug-likeness (QED) is 0.105. The minimum absolute atomic E-state index is 0.612. The third kappa shape index (κ3) is 14.3. The second-order valence-corrected chi connectivity index (χ2v) is 35.0. The molecule has 0 radical (unpaired) electrons. The van der Waals surface area contributed by atoms with Gasteiger partial charge in [0.2, 0.25) is 0 Å². The normalized spacial score (nSPS) is 12.0. The van der Waals surface area contributed by atoms with Crippen LogP contribution in [0.5, 0.6) is 0 Å². The molecule has 0 unspecified atom stereocenters. The Bertz CT molecular complexity index is 8460. The summed E-state index contributed by atoms with van der Waals surface area (Å²) in [6, 6.07) is 177. The lowest BCUT2D eigenvalue weighted by atomic mass is 9.92. The molecule has 0 saturated carbocycles. The molecule has 28 rings (SSSR count). The van der Waals surface area contributed by atoms with Crippen molar-refractivity contribution in [1.29, 1.82) is 0 Å². The molecule has 0 bridgehead atoms. The number of hydrogen-bond acceptors (Lipinski definition) is 9. The summed E-state index contributed by atoms with van der Waals surface area (Å²) in [5, 5.41) is 2.54. The fourth-order valence-corrected chi connectivity index (χ4v) is 20.4. The van der Waals surface area contributed by atoms with E-state index in [1.807, 2.05) is 72.8 Å². The summed E-state index contributed by atoms with van der Waals surface area (Å²) in [6.45, 7) is 0. The van der Waals surface area contributed by atoms with Gasteiger partial charge in [-0.2, -0.15) is 0 Å². The van der Waals surface area contributed by atoms with Crippen LogP contribution >= 0.6 is 0 Å². The average molecular weight is 1780 g/mol. The lowest BCUT2D eigenvalue weighted by Gasteiger charge is -2.33. The average Bonchev–Trinajstić information content (AvgIpc) is 1.62. The number of rotatable bonds is 14. The zero-order valence-electron chi connectivity index (χ0n) is 75.2. The molecule has 139 heavy (non-hydrogen) atoms. The van der Waals surface area contributed by atoms with Crippen LogP contribution in [0.1, 0.15) is 0 Å². The van der Waals surface area contributed by atoms with E-state index in [4.69, 9.17) is 29.9 Å². The van der Waals surface area contributed by atoms with Crippen LogP contribution in [0.3, 0.4) is 0 Å². The topological polar surface area (TPSA) is 107 Å². The Kier molecular flexibility index (Phi) is 19.9. The lowest BCUT2D eigenvalue weighted by molar-refractivity contribution is 1.05. The standard InChI is InChI=1S/C43H28N4.C43H29N3.C40H26N6/c1-3-12-30(13-4-1)43-44-36-18-11-21-40-42(36)47(43)39-27-24-31(28-41(39)46(40)32-14-5-2-6-15-32)29-22-25-33(26-23-29)45-37-19-9-7-16-34(37)35-17-8-10-20-38(35)45;1-5-14-30(15-6-1)34-26-35(31-16-7-2-8-17-31)28-36(27-34)33-24-25-39-41(29-33)45(37-20-11-4-12-21-37)40-23-13-22-38-42(40)46(39)43(44-38)32-18-9-3-10-19-32;1-5-14-27(15-6-1)37-42-38(28-16-7-2-8-17-28)44-39(43-37)30-24-25-33-35(26-30)45(31-20-11-4-12-21-31)34-23-13-22-32-36(34)46(33)40(41-32)29-18-9-3-10-19-29/h1-28H;1-29H;1-26H. The zero-order chi connectivity index (χ0) is 91.8. The minimum atomic E-state index is 0.612. The molecule has 0 fully saturated rings. The first-order chi connectivity index (χ1) is 69.0. The molecule has 13 heteroatoms. The van der Waals surface area contributed by atoms with E-state index in [2.05, 4.69) is 464 Å². The molecule has 0 amide bonds.